The summed E-state index contributed by atoms with van der Waals surface area (Å²) in [5.41, 5.74) is 8.16. The molecule has 1 amide bonds. The van der Waals surface area contributed by atoms with Gasteiger partial charge in [0, 0.05) is 12.5 Å². The Morgan fingerprint density at radius 1 is 1.18 bits per heavy atom. The molecule has 0 spiro atoms. The number of aryl methyl sites for hydroxylation is 1. The molecule has 0 saturated heterocycles. The van der Waals surface area contributed by atoms with Gasteiger partial charge in [-0.25, -0.2) is 4.98 Å². The van der Waals surface area contributed by atoms with E-state index >= 15 is 0 Å². The van der Waals surface area contributed by atoms with E-state index in [9.17, 15) is 9.59 Å². The zero-order valence-corrected chi connectivity index (χ0v) is 17.9. The number of aliphatic carboxylic acids is 1. The summed E-state index contributed by atoms with van der Waals surface area (Å²) in [5, 5.41) is 11.4. The number of nitrogens with two attached hydrogens (primary N) is 1. The van der Waals surface area contributed by atoms with Crippen molar-refractivity contribution in [2.45, 2.75) is 37.8 Å². The van der Waals surface area contributed by atoms with Crippen LogP contribution in [0.2, 0.25) is 0 Å². The molecule has 1 aliphatic heterocycles. The first kappa shape index (κ1) is 22.3. The summed E-state index contributed by atoms with van der Waals surface area (Å²) >= 11 is 0. The van der Waals surface area contributed by atoms with Gasteiger partial charge in [0.05, 0.1) is 11.9 Å². The van der Waals surface area contributed by atoms with Crippen LogP contribution in [-0.4, -0.2) is 28.0 Å². The number of hydrogen-bond acceptors (Lipinski definition) is 6. The second kappa shape index (κ2) is 10.1. The van der Waals surface area contributed by atoms with Gasteiger partial charge in [-0.1, -0.05) is 30.3 Å². The number of nitrogens with zero attached hydrogens (tertiary/aromatic N) is 1. The van der Waals surface area contributed by atoms with Gasteiger partial charge in [0.15, 0.2) is 0 Å². The fourth-order valence-corrected chi connectivity index (χ4v) is 3.60. The number of fused-ring (bicyclic) bond motifs is 1. The summed E-state index contributed by atoms with van der Waals surface area (Å²) in [6.45, 7) is 0. The quantitative estimate of drug-likeness (QED) is 0.475. The molecule has 4 rings (SSSR count). The van der Waals surface area contributed by atoms with Gasteiger partial charge in [0.25, 0.3) is 0 Å². The Kier molecular flexibility index (Phi) is 6.85. The Morgan fingerprint density at radius 3 is 2.73 bits per heavy atom. The predicted molar refractivity (Wildman–Crippen MR) is 122 cm³/mol. The molecule has 3 aromatic rings. The molecule has 1 aliphatic rings. The summed E-state index contributed by atoms with van der Waals surface area (Å²) in [4.78, 5) is 26.9. The van der Waals surface area contributed by atoms with Crippen molar-refractivity contribution in [2.75, 3.05) is 5.32 Å². The molecule has 8 nitrogen and oxygen atoms in total. The maximum absolute atomic E-state index is 11.9. The molecule has 170 valence electrons. The SMILES string of the molecule is NC(CCC(=O)Nc1ccc(Oc2ccc3c(c2)CC[C@@H](c2ccccc2)O3)nc1)C(=O)O. The van der Waals surface area contributed by atoms with Gasteiger partial charge in [0.2, 0.25) is 11.8 Å². The van der Waals surface area contributed by atoms with Crippen molar-refractivity contribution in [3.05, 3.63) is 78.0 Å². The number of pyridine rings is 1. The molecular weight excluding hydrogens is 422 g/mol. The Balaban J connectivity index is 1.32. The van der Waals surface area contributed by atoms with Gasteiger partial charge in [-0.05, 0) is 54.7 Å². The number of carboxylic acid groups (broad SMARTS) is 1. The third-order valence-electron chi connectivity index (χ3n) is 5.39. The lowest BCUT2D eigenvalue weighted by atomic mass is 9.97. The molecule has 2 heterocycles. The van der Waals surface area contributed by atoms with Crippen LogP contribution in [0.1, 0.15) is 36.5 Å². The highest BCUT2D eigenvalue weighted by molar-refractivity contribution is 5.90. The topological polar surface area (TPSA) is 124 Å². The minimum absolute atomic E-state index is 0.00798. The standard InChI is InChI=1S/C25H25N3O5/c26-20(25(30)31)9-12-23(29)28-18-7-13-24(27-15-18)32-19-8-11-22-17(14-19)6-10-21(33-22)16-4-2-1-3-5-16/h1-5,7-8,11,13-15,20-21H,6,9-10,12,26H2,(H,28,29)(H,30,31)/t20?,21-/m0/s1. The summed E-state index contributed by atoms with van der Waals surface area (Å²) in [5.74, 6) is 0.444. The number of benzene rings is 2. The first-order valence-corrected chi connectivity index (χ1v) is 10.7. The van der Waals surface area contributed by atoms with Crippen molar-refractivity contribution in [3.8, 4) is 17.4 Å². The van der Waals surface area contributed by atoms with E-state index in [1.54, 1.807) is 12.1 Å². The zero-order chi connectivity index (χ0) is 23.2. The lowest BCUT2D eigenvalue weighted by Gasteiger charge is -2.26. The van der Waals surface area contributed by atoms with Crippen LogP contribution in [0.3, 0.4) is 0 Å². The Hall–Kier alpha value is -3.91. The molecule has 2 atom stereocenters. The smallest absolute Gasteiger partial charge is 0.320 e. The summed E-state index contributed by atoms with van der Waals surface area (Å²) in [7, 11) is 0. The minimum Gasteiger partial charge on any atom is -0.485 e. The van der Waals surface area contributed by atoms with Gasteiger partial charge in [-0.15, -0.1) is 0 Å². The van der Waals surface area contributed by atoms with Crippen LogP contribution in [0, 0.1) is 0 Å². The first-order chi connectivity index (χ1) is 16.0. The normalized spacial score (nSPS) is 15.6. The van der Waals surface area contributed by atoms with E-state index in [4.69, 9.17) is 20.3 Å². The van der Waals surface area contributed by atoms with Crippen LogP contribution in [0.25, 0.3) is 0 Å². The highest BCUT2D eigenvalue weighted by Gasteiger charge is 2.21. The Labute approximate surface area is 191 Å². The third-order valence-corrected chi connectivity index (χ3v) is 5.39. The fourth-order valence-electron chi connectivity index (χ4n) is 3.60. The zero-order valence-electron chi connectivity index (χ0n) is 17.9. The van der Waals surface area contributed by atoms with Crippen LogP contribution < -0.4 is 20.5 Å². The van der Waals surface area contributed by atoms with Crippen LogP contribution in [0.15, 0.2) is 66.9 Å². The Bertz CT molecular complexity index is 1120. The molecule has 1 unspecified atom stereocenters. The lowest BCUT2D eigenvalue weighted by molar-refractivity contribution is -0.138. The molecule has 2 aromatic carbocycles. The fraction of sp³-hybridized carbons (Fsp3) is 0.240. The number of carboxylic acids is 1. The van der Waals surface area contributed by atoms with Crippen LogP contribution in [0.5, 0.6) is 17.4 Å². The largest absolute Gasteiger partial charge is 0.485 e. The first-order valence-electron chi connectivity index (χ1n) is 10.7. The van der Waals surface area contributed by atoms with Gasteiger partial charge in [-0.3, -0.25) is 9.59 Å². The maximum Gasteiger partial charge on any atom is 0.320 e. The average molecular weight is 447 g/mol. The van der Waals surface area contributed by atoms with Gasteiger partial charge < -0.3 is 25.6 Å². The number of amides is 1. The van der Waals surface area contributed by atoms with E-state index in [-0.39, 0.29) is 24.9 Å². The number of anilines is 1. The van der Waals surface area contributed by atoms with E-state index in [0.717, 1.165) is 24.2 Å². The van der Waals surface area contributed by atoms with Crippen molar-refractivity contribution in [3.63, 3.8) is 0 Å². The van der Waals surface area contributed by atoms with Crippen LogP contribution in [0.4, 0.5) is 5.69 Å². The van der Waals surface area contributed by atoms with Gasteiger partial charge >= 0.3 is 5.97 Å². The molecule has 4 N–H and O–H groups in total. The monoisotopic (exact) mass is 447 g/mol. The Morgan fingerprint density at radius 2 is 2.00 bits per heavy atom. The number of nitrogens with one attached hydrogen (secondary N) is 1. The number of rotatable bonds is 8. The van der Waals surface area contributed by atoms with Gasteiger partial charge in [-0.2, -0.15) is 0 Å². The van der Waals surface area contributed by atoms with Crippen molar-refractivity contribution in [2.24, 2.45) is 5.73 Å². The molecular formula is C25H25N3O5. The number of carbonyl (C=O) groups excluding carboxylic acids is 1. The molecule has 0 radical (unpaired) electrons. The molecule has 1 aromatic heterocycles. The number of hydrogen-bond donors (Lipinski definition) is 3. The molecule has 0 aliphatic carbocycles. The van der Waals surface area contributed by atoms with E-state index in [1.807, 2.05) is 36.4 Å². The van der Waals surface area contributed by atoms with E-state index in [1.165, 1.54) is 11.8 Å². The van der Waals surface area contributed by atoms with E-state index in [2.05, 4.69) is 22.4 Å². The van der Waals surface area contributed by atoms with Crippen LogP contribution >= 0.6 is 0 Å². The number of ether oxygens (including phenoxy) is 2. The number of aromatic nitrogens is 1. The molecule has 8 heteroatoms. The maximum atomic E-state index is 11.9. The van der Waals surface area contributed by atoms with Crippen molar-refractivity contribution in [1.29, 1.82) is 0 Å². The summed E-state index contributed by atoms with van der Waals surface area (Å²) in [6.07, 6.45) is 3.38. The molecule has 0 fully saturated rings. The van der Waals surface area contributed by atoms with Crippen molar-refractivity contribution in [1.82, 2.24) is 4.98 Å². The molecule has 33 heavy (non-hydrogen) atoms. The average Bonchev–Trinajstić information content (AvgIpc) is 2.84. The lowest BCUT2D eigenvalue weighted by Crippen LogP contribution is -2.31. The van der Waals surface area contributed by atoms with E-state index in [0.29, 0.717) is 17.3 Å². The summed E-state index contributed by atoms with van der Waals surface area (Å²) in [6, 6.07) is 18.2. The predicted octanol–water partition coefficient (Wildman–Crippen LogP) is 4.07. The van der Waals surface area contributed by atoms with E-state index < -0.39 is 12.0 Å². The van der Waals surface area contributed by atoms with Gasteiger partial charge in [0.1, 0.15) is 23.6 Å². The highest BCUT2D eigenvalue weighted by atomic mass is 16.5. The second-order valence-electron chi connectivity index (χ2n) is 7.84. The third kappa shape index (κ3) is 5.87. The highest BCUT2D eigenvalue weighted by Crippen LogP contribution is 2.37. The van der Waals surface area contributed by atoms with Crippen molar-refractivity contribution < 1.29 is 24.2 Å². The minimum atomic E-state index is -1.13. The van der Waals surface area contributed by atoms with Crippen molar-refractivity contribution >= 4 is 17.6 Å². The second-order valence-corrected chi connectivity index (χ2v) is 7.84. The molecule has 0 bridgehead atoms. The van der Waals surface area contributed by atoms with Crippen LogP contribution in [-0.2, 0) is 16.0 Å². The number of carbonyl (C=O) groups is 2. The molecule has 0 saturated carbocycles. The summed E-state index contributed by atoms with van der Waals surface area (Å²) < 4.78 is 12.0.